The monoisotopic (exact) mass is 738 g/mol. The lowest BCUT2D eigenvalue weighted by Crippen LogP contribution is -2.66. The highest BCUT2D eigenvalue weighted by molar-refractivity contribution is 6.30. The Kier molecular flexibility index (Phi) is 10.2. The molecule has 0 radical (unpaired) electrons. The number of hydrogen-bond acceptors (Lipinski definition) is 7. The lowest BCUT2D eigenvalue weighted by Gasteiger charge is -2.72. The van der Waals surface area contributed by atoms with Crippen molar-refractivity contribution in [3.8, 4) is 0 Å². The van der Waals surface area contributed by atoms with Crippen LogP contribution in [0.5, 0.6) is 0 Å². The Balaban J connectivity index is 1.26. The second kappa shape index (κ2) is 13.5. The summed E-state index contributed by atoms with van der Waals surface area (Å²) >= 11 is 6.04. The maximum atomic E-state index is 14.0. The lowest BCUT2D eigenvalue weighted by atomic mass is 9.33. The molecule has 1 heterocycles. The molecule has 0 saturated heterocycles. The van der Waals surface area contributed by atoms with Gasteiger partial charge in [-0.3, -0.25) is 19.4 Å². The minimum Gasteiger partial charge on any atom is -0.481 e. The number of esters is 1. The highest BCUT2D eigenvalue weighted by Gasteiger charge is 2.70. The van der Waals surface area contributed by atoms with Gasteiger partial charge in [-0.25, -0.2) is 0 Å². The zero-order valence-electron chi connectivity index (χ0n) is 33.0. The molecule has 9 atom stereocenters. The molecule has 4 fully saturated rings. The van der Waals surface area contributed by atoms with Gasteiger partial charge in [-0.2, -0.15) is 0 Å². The molecule has 0 bridgehead atoms. The number of carbonyl (C=O) groups is 3. The third kappa shape index (κ3) is 6.09. The molecule has 9 heteroatoms. The van der Waals surface area contributed by atoms with Crippen LogP contribution in [0, 0.1) is 56.2 Å². The number of ether oxygens (including phenoxy) is 1. The number of aliphatic carboxylic acids is 1. The standard InChI is InChI=1S/C43H63ClN2O6/c1-25(2)35-29(47)20-43(32(48)24-45-23-27-11-10-26(44)22-46-27)19-18-41(8)28(36(35)43)12-13-31-40(7)16-15-33(52-34(49)21-38(3,4)37(50)51)39(5,6)30(40)14-17-42(31,41)9/h10-11,22,25,28,30-33,45,48H,12-21,23-24H2,1-9H3,(H,50,51)/t28-,30+,31-,32?,33+,40+,41-,42-,43+/m1/s1. The van der Waals surface area contributed by atoms with Crippen LogP contribution < -0.4 is 5.32 Å². The van der Waals surface area contributed by atoms with E-state index in [2.05, 4.69) is 58.8 Å². The number of pyridine rings is 1. The number of halogens is 1. The normalized spacial score (nSPS) is 37.5. The van der Waals surface area contributed by atoms with Crippen molar-refractivity contribution in [3.05, 3.63) is 40.2 Å². The molecule has 288 valence electrons. The molecule has 5 aliphatic rings. The van der Waals surface area contributed by atoms with E-state index in [9.17, 15) is 24.6 Å². The Labute approximate surface area is 316 Å². The van der Waals surface area contributed by atoms with Gasteiger partial charge in [0.2, 0.25) is 0 Å². The van der Waals surface area contributed by atoms with E-state index in [0.29, 0.717) is 36.4 Å². The highest BCUT2D eigenvalue weighted by Crippen LogP contribution is 2.77. The second-order valence-electron chi connectivity index (χ2n) is 19.7. The molecular formula is C43H63ClN2O6. The smallest absolute Gasteiger partial charge is 0.309 e. The van der Waals surface area contributed by atoms with Crippen LogP contribution in [0.2, 0.25) is 5.02 Å². The third-order valence-corrected chi connectivity index (χ3v) is 16.2. The Morgan fingerprint density at radius 3 is 2.35 bits per heavy atom. The van der Waals surface area contributed by atoms with Crippen molar-refractivity contribution in [1.82, 2.24) is 10.3 Å². The number of ketones is 1. The van der Waals surface area contributed by atoms with Crippen molar-refractivity contribution in [2.24, 2.45) is 56.2 Å². The summed E-state index contributed by atoms with van der Waals surface area (Å²) in [6.45, 7) is 20.5. The molecule has 0 amide bonds. The van der Waals surface area contributed by atoms with Crippen LogP contribution in [0.25, 0.3) is 0 Å². The number of carboxylic acids is 1. The van der Waals surface area contributed by atoms with E-state index in [4.69, 9.17) is 16.3 Å². The largest absolute Gasteiger partial charge is 0.481 e. The van der Waals surface area contributed by atoms with Gasteiger partial charge in [0.1, 0.15) is 6.10 Å². The van der Waals surface area contributed by atoms with Crippen LogP contribution in [0.1, 0.15) is 132 Å². The number of fused-ring (bicyclic) bond motifs is 7. The van der Waals surface area contributed by atoms with Crippen LogP contribution >= 0.6 is 11.6 Å². The number of aliphatic hydroxyl groups is 1. The Bertz CT molecular complexity index is 1620. The SMILES string of the molecule is CC(C)C1=C2[C@H]3CC[C@@H]4[C@@]5(C)CC[C@H](OC(=O)CC(C)(C)C(=O)O)C(C)(C)[C@@H]5CC[C@@]4(C)[C@]3(C)CC[C@@]2(C(O)CNCc2ccc(Cl)cn2)CC1=O. The maximum absolute atomic E-state index is 14.0. The summed E-state index contributed by atoms with van der Waals surface area (Å²) in [5.74, 6) is -0.0169. The van der Waals surface area contributed by atoms with Gasteiger partial charge < -0.3 is 20.3 Å². The molecule has 1 aromatic rings. The molecule has 0 aromatic carbocycles. The predicted octanol–water partition coefficient (Wildman–Crippen LogP) is 8.58. The fraction of sp³-hybridized carbons (Fsp3) is 0.767. The number of hydrogen-bond donors (Lipinski definition) is 3. The quantitative estimate of drug-likeness (QED) is 0.204. The number of carboxylic acid groups (broad SMARTS) is 1. The van der Waals surface area contributed by atoms with Crippen molar-refractivity contribution < 1.29 is 29.3 Å². The van der Waals surface area contributed by atoms with Gasteiger partial charge in [0.15, 0.2) is 5.78 Å². The van der Waals surface area contributed by atoms with E-state index in [1.54, 1.807) is 20.0 Å². The highest BCUT2D eigenvalue weighted by atomic mass is 35.5. The molecule has 4 saturated carbocycles. The molecular weight excluding hydrogens is 676 g/mol. The number of allylic oxidation sites excluding steroid dienone is 1. The average Bonchev–Trinajstić information content (AvgIpc) is 3.36. The summed E-state index contributed by atoms with van der Waals surface area (Å²) in [4.78, 5) is 43.2. The molecule has 0 spiro atoms. The van der Waals surface area contributed by atoms with Crippen LogP contribution in [0.15, 0.2) is 29.5 Å². The van der Waals surface area contributed by atoms with E-state index in [0.717, 1.165) is 62.6 Å². The predicted molar refractivity (Wildman–Crippen MR) is 202 cm³/mol. The number of carbonyl (C=O) groups excluding carboxylic acids is 2. The molecule has 0 aliphatic heterocycles. The van der Waals surface area contributed by atoms with E-state index < -0.39 is 28.9 Å². The summed E-state index contributed by atoms with van der Waals surface area (Å²) in [6.07, 6.45) is 8.69. The molecule has 8 nitrogen and oxygen atoms in total. The maximum Gasteiger partial charge on any atom is 0.309 e. The van der Waals surface area contributed by atoms with Gasteiger partial charge in [0.25, 0.3) is 0 Å². The number of nitrogens with one attached hydrogen (secondary N) is 1. The number of aromatic nitrogens is 1. The summed E-state index contributed by atoms with van der Waals surface area (Å²) < 4.78 is 6.16. The molecule has 6 rings (SSSR count). The van der Waals surface area contributed by atoms with Crippen LogP contribution in [0.3, 0.4) is 0 Å². The number of rotatable bonds is 10. The fourth-order valence-electron chi connectivity index (χ4n) is 13.0. The number of Topliss-reactive ketones (excluding diaryl/α,β-unsaturated/α-hetero) is 1. The summed E-state index contributed by atoms with van der Waals surface area (Å²) in [7, 11) is 0. The molecule has 1 aromatic heterocycles. The lowest BCUT2D eigenvalue weighted by molar-refractivity contribution is -0.235. The van der Waals surface area contributed by atoms with Gasteiger partial charge >= 0.3 is 11.9 Å². The van der Waals surface area contributed by atoms with Crippen LogP contribution in [-0.2, 0) is 25.7 Å². The van der Waals surface area contributed by atoms with Crippen molar-refractivity contribution in [1.29, 1.82) is 0 Å². The molecule has 52 heavy (non-hydrogen) atoms. The van der Waals surface area contributed by atoms with Crippen LogP contribution in [0.4, 0.5) is 0 Å². The van der Waals surface area contributed by atoms with Gasteiger partial charge in [0, 0.05) is 36.5 Å². The van der Waals surface area contributed by atoms with Crippen molar-refractivity contribution in [3.63, 3.8) is 0 Å². The van der Waals surface area contributed by atoms with Gasteiger partial charge in [-0.1, -0.05) is 65.6 Å². The fourth-order valence-corrected chi connectivity index (χ4v) is 13.1. The molecule has 3 N–H and O–H groups in total. The van der Waals surface area contributed by atoms with E-state index in [-0.39, 0.29) is 51.8 Å². The molecule has 5 aliphatic carbocycles. The second-order valence-corrected chi connectivity index (χ2v) is 20.1. The zero-order chi connectivity index (χ0) is 38.2. The van der Waals surface area contributed by atoms with Crippen molar-refractivity contribution in [2.45, 2.75) is 145 Å². The number of aliphatic hydroxyl groups excluding tert-OH is 1. The Hall–Kier alpha value is -2.29. The van der Waals surface area contributed by atoms with Crippen molar-refractivity contribution >= 4 is 29.3 Å². The third-order valence-electron chi connectivity index (χ3n) is 15.9. The topological polar surface area (TPSA) is 126 Å². The van der Waals surface area contributed by atoms with E-state index in [1.807, 2.05) is 12.1 Å². The van der Waals surface area contributed by atoms with Crippen molar-refractivity contribution in [2.75, 3.05) is 6.54 Å². The van der Waals surface area contributed by atoms with Crippen LogP contribution in [-0.4, -0.2) is 51.7 Å². The first-order chi connectivity index (χ1) is 24.1. The summed E-state index contributed by atoms with van der Waals surface area (Å²) in [5, 5.41) is 25.8. The Morgan fingerprint density at radius 1 is 1.00 bits per heavy atom. The first-order valence-electron chi connectivity index (χ1n) is 19.8. The molecule has 1 unspecified atom stereocenters. The van der Waals surface area contributed by atoms with Gasteiger partial charge in [-0.15, -0.1) is 0 Å². The van der Waals surface area contributed by atoms with Gasteiger partial charge in [-0.05, 0) is 123 Å². The van der Waals surface area contributed by atoms with E-state index >= 15 is 0 Å². The van der Waals surface area contributed by atoms with Gasteiger partial charge in [0.05, 0.1) is 28.7 Å². The first kappa shape index (κ1) is 39.4. The Morgan fingerprint density at radius 2 is 1.71 bits per heavy atom. The first-order valence-corrected chi connectivity index (χ1v) is 20.2. The zero-order valence-corrected chi connectivity index (χ0v) is 33.8. The summed E-state index contributed by atoms with van der Waals surface area (Å²) in [5.41, 5.74) is 1.22. The average molecular weight is 739 g/mol. The summed E-state index contributed by atoms with van der Waals surface area (Å²) in [6, 6.07) is 3.72. The number of nitrogens with zero attached hydrogens (tertiary/aromatic N) is 1. The minimum absolute atomic E-state index is 0.0241. The minimum atomic E-state index is -1.17. The van der Waals surface area contributed by atoms with E-state index in [1.165, 1.54) is 5.57 Å².